The Labute approximate surface area is 205 Å². The summed E-state index contributed by atoms with van der Waals surface area (Å²) in [6.07, 6.45) is 2.18. The van der Waals surface area contributed by atoms with Gasteiger partial charge in [0, 0.05) is 12.0 Å². The third kappa shape index (κ3) is 5.20. The molecule has 0 aliphatic heterocycles. The van der Waals surface area contributed by atoms with Crippen LogP contribution in [0.4, 0.5) is 4.39 Å². The number of nitriles is 1. The minimum absolute atomic E-state index is 0.0910. The summed E-state index contributed by atoms with van der Waals surface area (Å²) in [4.78, 5) is 0. The highest BCUT2D eigenvalue weighted by molar-refractivity contribution is 5.50. The number of nitrogens with zero attached hydrogens (tertiary/aromatic N) is 1. The maximum atomic E-state index is 13.4. The van der Waals surface area contributed by atoms with Crippen LogP contribution in [-0.2, 0) is 19.4 Å². The predicted octanol–water partition coefficient (Wildman–Crippen LogP) is 7.24. The van der Waals surface area contributed by atoms with Crippen LogP contribution in [-0.4, -0.2) is 0 Å². The quantitative estimate of drug-likeness (QED) is 0.290. The van der Waals surface area contributed by atoms with Gasteiger partial charge in [-0.05, 0) is 84.0 Å². The van der Waals surface area contributed by atoms with E-state index in [4.69, 9.17) is 9.47 Å². The lowest BCUT2D eigenvalue weighted by Gasteiger charge is -2.18. The molecule has 1 unspecified atom stereocenters. The highest BCUT2D eigenvalue weighted by atomic mass is 19.1. The molecule has 0 bridgehead atoms. The van der Waals surface area contributed by atoms with Crippen molar-refractivity contribution >= 4 is 0 Å². The monoisotopic (exact) mass is 463 g/mol. The Balaban J connectivity index is 1.42. The molecular formula is C31H26FNO2. The third-order valence-corrected chi connectivity index (χ3v) is 6.41. The summed E-state index contributed by atoms with van der Waals surface area (Å²) in [5.74, 6) is 1.28. The average molecular weight is 464 g/mol. The molecule has 0 N–H and O–H groups in total. The van der Waals surface area contributed by atoms with Crippen molar-refractivity contribution in [2.75, 3.05) is 0 Å². The Hall–Kier alpha value is -4.10. The summed E-state index contributed by atoms with van der Waals surface area (Å²) >= 11 is 0. The van der Waals surface area contributed by atoms with E-state index in [1.807, 2.05) is 61.5 Å². The molecule has 1 aliphatic rings. The molecule has 174 valence electrons. The normalized spacial score (nSPS) is 14.3. The zero-order valence-electron chi connectivity index (χ0n) is 19.6. The number of rotatable bonds is 7. The van der Waals surface area contributed by atoms with Gasteiger partial charge in [-0.15, -0.1) is 0 Å². The maximum absolute atomic E-state index is 13.4. The second-order valence-corrected chi connectivity index (χ2v) is 8.98. The molecule has 4 aromatic carbocycles. The lowest BCUT2D eigenvalue weighted by atomic mass is 10.0. The van der Waals surface area contributed by atoms with E-state index in [0.717, 1.165) is 63.3 Å². The van der Waals surface area contributed by atoms with Crippen LogP contribution in [0.3, 0.4) is 0 Å². The van der Waals surface area contributed by atoms with Crippen LogP contribution in [0.15, 0.2) is 84.9 Å². The first-order valence-electron chi connectivity index (χ1n) is 11.8. The largest absolute Gasteiger partial charge is 0.489 e. The van der Waals surface area contributed by atoms with Gasteiger partial charge >= 0.3 is 0 Å². The fraction of sp³-hybridized carbons (Fsp3) is 0.194. The summed E-state index contributed by atoms with van der Waals surface area (Å²) in [5, 5.41) is 9.53. The molecule has 3 nitrogen and oxygen atoms in total. The Morgan fingerprint density at radius 1 is 0.943 bits per heavy atom. The van der Waals surface area contributed by atoms with Crippen LogP contribution in [0.25, 0.3) is 0 Å². The Bertz CT molecular complexity index is 1370. The van der Waals surface area contributed by atoms with Gasteiger partial charge < -0.3 is 9.47 Å². The second kappa shape index (κ2) is 10.0. The number of halogens is 1. The maximum Gasteiger partial charge on any atom is 0.124 e. The minimum atomic E-state index is -0.252. The summed E-state index contributed by atoms with van der Waals surface area (Å²) in [5.41, 5.74) is 7.07. The van der Waals surface area contributed by atoms with Crippen LogP contribution in [0.2, 0.25) is 0 Å². The van der Waals surface area contributed by atoms with Gasteiger partial charge in [0.05, 0.1) is 11.6 Å². The molecule has 35 heavy (non-hydrogen) atoms. The van der Waals surface area contributed by atoms with Crippen LogP contribution in [0.1, 0.15) is 51.5 Å². The highest BCUT2D eigenvalue weighted by Gasteiger charge is 2.27. The molecule has 1 aliphatic carbocycles. The molecule has 5 rings (SSSR count). The Morgan fingerprint density at radius 2 is 1.74 bits per heavy atom. The molecule has 4 aromatic rings. The van der Waals surface area contributed by atoms with Crippen molar-refractivity contribution in [1.82, 2.24) is 0 Å². The van der Waals surface area contributed by atoms with Crippen molar-refractivity contribution in [3.05, 3.63) is 130 Å². The predicted molar refractivity (Wildman–Crippen MR) is 134 cm³/mol. The van der Waals surface area contributed by atoms with Crippen LogP contribution in [0, 0.1) is 24.1 Å². The molecule has 0 aromatic heterocycles. The number of hydrogen-bond acceptors (Lipinski definition) is 3. The fourth-order valence-corrected chi connectivity index (χ4v) is 4.69. The first-order chi connectivity index (χ1) is 17.1. The van der Waals surface area contributed by atoms with Crippen molar-refractivity contribution in [2.45, 2.75) is 38.9 Å². The van der Waals surface area contributed by atoms with Crippen LogP contribution >= 0.6 is 0 Å². The van der Waals surface area contributed by atoms with Crippen LogP contribution < -0.4 is 9.47 Å². The van der Waals surface area contributed by atoms with E-state index in [9.17, 15) is 9.65 Å². The van der Waals surface area contributed by atoms with Gasteiger partial charge in [-0.1, -0.05) is 48.5 Å². The molecule has 0 radical (unpaired) electrons. The number of fused-ring (bicyclic) bond motifs is 1. The topological polar surface area (TPSA) is 42.2 Å². The van der Waals surface area contributed by atoms with Gasteiger partial charge in [0.25, 0.3) is 0 Å². The lowest BCUT2D eigenvalue weighted by molar-refractivity contribution is 0.207. The van der Waals surface area contributed by atoms with Crippen molar-refractivity contribution in [3.8, 4) is 17.6 Å². The Morgan fingerprint density at radius 3 is 2.51 bits per heavy atom. The standard InChI is InChI=1S/C31H26FNO2/c1-21-15-25(19-33)28-12-14-31(29(28)16-21)35-27-11-13-30(34-20-23-5-3-2-4-6-23)24(18-27)17-22-7-9-26(32)10-8-22/h2-11,13,15-16,18,31H,12,14,17,20H2,1H3. The van der Waals surface area contributed by atoms with E-state index in [-0.39, 0.29) is 11.9 Å². The first-order valence-corrected chi connectivity index (χ1v) is 11.8. The van der Waals surface area contributed by atoms with Crippen molar-refractivity contribution < 1.29 is 13.9 Å². The van der Waals surface area contributed by atoms with E-state index in [0.29, 0.717) is 13.0 Å². The number of aryl methyl sites for hydroxylation is 1. The van der Waals surface area contributed by atoms with Gasteiger partial charge in [-0.3, -0.25) is 0 Å². The van der Waals surface area contributed by atoms with E-state index >= 15 is 0 Å². The van der Waals surface area contributed by atoms with Gasteiger partial charge in [0.1, 0.15) is 30.0 Å². The molecule has 0 spiro atoms. The molecule has 0 saturated heterocycles. The fourth-order valence-electron chi connectivity index (χ4n) is 4.69. The van der Waals surface area contributed by atoms with Gasteiger partial charge in [0.2, 0.25) is 0 Å². The van der Waals surface area contributed by atoms with Gasteiger partial charge in [-0.2, -0.15) is 5.26 Å². The molecule has 1 atom stereocenters. The molecular weight excluding hydrogens is 437 g/mol. The van der Waals surface area contributed by atoms with Crippen molar-refractivity contribution in [1.29, 1.82) is 5.26 Å². The first kappa shape index (κ1) is 22.7. The van der Waals surface area contributed by atoms with E-state index in [1.165, 1.54) is 12.1 Å². The van der Waals surface area contributed by atoms with Crippen LogP contribution in [0.5, 0.6) is 11.5 Å². The van der Waals surface area contributed by atoms with E-state index in [2.05, 4.69) is 12.1 Å². The lowest BCUT2D eigenvalue weighted by Crippen LogP contribution is -2.05. The summed E-state index contributed by atoms with van der Waals surface area (Å²) in [7, 11) is 0. The molecule has 0 fully saturated rings. The zero-order valence-corrected chi connectivity index (χ0v) is 19.6. The number of ether oxygens (including phenoxy) is 2. The molecule has 4 heteroatoms. The number of benzene rings is 4. The molecule has 0 amide bonds. The average Bonchev–Trinajstić information content (AvgIpc) is 3.27. The summed E-state index contributed by atoms with van der Waals surface area (Å²) in [6.45, 7) is 2.47. The molecule has 0 saturated carbocycles. The van der Waals surface area contributed by atoms with Crippen molar-refractivity contribution in [3.63, 3.8) is 0 Å². The van der Waals surface area contributed by atoms with Crippen molar-refractivity contribution in [2.24, 2.45) is 0 Å². The summed E-state index contributed by atoms with van der Waals surface area (Å²) < 4.78 is 26.1. The van der Waals surface area contributed by atoms with E-state index in [1.54, 1.807) is 12.1 Å². The third-order valence-electron chi connectivity index (χ3n) is 6.41. The highest BCUT2D eigenvalue weighted by Crippen LogP contribution is 2.38. The summed E-state index contributed by atoms with van der Waals surface area (Å²) in [6, 6.07) is 28.9. The molecule has 0 heterocycles. The second-order valence-electron chi connectivity index (χ2n) is 8.98. The Kier molecular flexibility index (Phi) is 6.50. The number of hydrogen-bond donors (Lipinski definition) is 0. The van der Waals surface area contributed by atoms with Gasteiger partial charge in [0.15, 0.2) is 0 Å². The zero-order chi connectivity index (χ0) is 24.2. The van der Waals surface area contributed by atoms with E-state index < -0.39 is 0 Å². The SMILES string of the molecule is Cc1cc(C#N)c2c(c1)C(Oc1ccc(OCc3ccccc3)c(Cc3ccc(F)cc3)c1)CC2. The smallest absolute Gasteiger partial charge is 0.124 e. The minimum Gasteiger partial charge on any atom is -0.489 e. The van der Waals surface area contributed by atoms with Gasteiger partial charge in [-0.25, -0.2) is 4.39 Å².